The predicted molar refractivity (Wildman–Crippen MR) is 64.9 cm³/mol. The van der Waals surface area contributed by atoms with E-state index in [4.69, 9.17) is 9.52 Å². The first-order chi connectivity index (χ1) is 8.63. The van der Waals surface area contributed by atoms with Crippen LogP contribution < -0.4 is 5.32 Å². The molecule has 0 aliphatic heterocycles. The van der Waals surface area contributed by atoms with Gasteiger partial charge in [-0.2, -0.15) is 0 Å². The molecule has 4 nitrogen and oxygen atoms in total. The fourth-order valence-corrected chi connectivity index (χ4v) is 1.77. The van der Waals surface area contributed by atoms with Gasteiger partial charge in [-0.25, -0.2) is 4.39 Å². The third-order valence-corrected chi connectivity index (χ3v) is 2.72. The van der Waals surface area contributed by atoms with Gasteiger partial charge in [-0.05, 0) is 31.5 Å². The molecule has 2 N–H and O–H groups in total. The van der Waals surface area contributed by atoms with Crippen LogP contribution in [-0.2, 0) is 0 Å². The molecule has 0 fully saturated rings. The molecular weight excluding hydrogens is 237 g/mol. The molecule has 0 bridgehead atoms. The zero-order valence-corrected chi connectivity index (χ0v) is 10.00. The molecule has 0 atom stereocenters. The van der Waals surface area contributed by atoms with Crippen LogP contribution in [0.5, 0.6) is 0 Å². The maximum atomic E-state index is 13.1. The number of furan rings is 1. The van der Waals surface area contributed by atoms with Gasteiger partial charge >= 0.3 is 0 Å². The summed E-state index contributed by atoms with van der Waals surface area (Å²) >= 11 is 0. The molecule has 18 heavy (non-hydrogen) atoms. The van der Waals surface area contributed by atoms with Crippen molar-refractivity contribution in [3.63, 3.8) is 0 Å². The summed E-state index contributed by atoms with van der Waals surface area (Å²) in [5, 5.41) is 11.9. The van der Waals surface area contributed by atoms with Crippen LogP contribution in [0.2, 0.25) is 0 Å². The summed E-state index contributed by atoms with van der Waals surface area (Å²) in [7, 11) is 0. The number of amides is 1. The molecule has 0 aliphatic rings. The number of aryl methyl sites for hydroxylation is 1. The second kappa shape index (κ2) is 5.18. The van der Waals surface area contributed by atoms with Gasteiger partial charge in [0, 0.05) is 24.1 Å². The van der Waals surface area contributed by atoms with Crippen LogP contribution in [0.25, 0.3) is 11.0 Å². The van der Waals surface area contributed by atoms with Gasteiger partial charge < -0.3 is 14.8 Å². The normalized spacial score (nSPS) is 10.8. The highest BCUT2D eigenvalue weighted by Gasteiger charge is 2.17. The topological polar surface area (TPSA) is 62.5 Å². The van der Waals surface area contributed by atoms with E-state index in [1.165, 1.54) is 18.2 Å². The fourth-order valence-electron chi connectivity index (χ4n) is 1.77. The standard InChI is InChI=1S/C13H14FNO3/c1-8-10-7-9(14)3-4-11(10)18-12(8)13(17)15-5-2-6-16/h3-4,7,16H,2,5-6H2,1H3,(H,15,17). The van der Waals surface area contributed by atoms with Crippen LogP contribution in [0, 0.1) is 12.7 Å². The highest BCUT2D eigenvalue weighted by atomic mass is 19.1. The molecular formula is C13H14FNO3. The van der Waals surface area contributed by atoms with Gasteiger partial charge in [0.1, 0.15) is 11.4 Å². The minimum Gasteiger partial charge on any atom is -0.451 e. The number of halogens is 1. The van der Waals surface area contributed by atoms with Gasteiger partial charge in [0.25, 0.3) is 5.91 Å². The van der Waals surface area contributed by atoms with E-state index in [0.29, 0.717) is 29.5 Å². The Kier molecular flexibility index (Phi) is 3.62. The minimum atomic E-state index is -0.362. The lowest BCUT2D eigenvalue weighted by Gasteiger charge is -2.01. The van der Waals surface area contributed by atoms with Crippen LogP contribution in [0.3, 0.4) is 0 Å². The zero-order valence-electron chi connectivity index (χ0n) is 10.00. The molecule has 5 heteroatoms. The molecule has 1 aromatic carbocycles. The van der Waals surface area contributed by atoms with Gasteiger partial charge in [-0.1, -0.05) is 0 Å². The van der Waals surface area contributed by atoms with E-state index in [0.717, 1.165) is 0 Å². The van der Waals surface area contributed by atoms with E-state index in [2.05, 4.69) is 5.32 Å². The summed E-state index contributed by atoms with van der Waals surface area (Å²) in [6, 6.07) is 4.14. The van der Waals surface area contributed by atoms with Crippen molar-refractivity contribution in [3.05, 3.63) is 35.3 Å². The highest BCUT2D eigenvalue weighted by molar-refractivity contribution is 5.98. The van der Waals surface area contributed by atoms with Crippen molar-refractivity contribution in [3.8, 4) is 0 Å². The number of hydrogen-bond donors (Lipinski definition) is 2. The molecule has 1 aromatic heterocycles. The first-order valence-electron chi connectivity index (χ1n) is 5.71. The lowest BCUT2D eigenvalue weighted by molar-refractivity contribution is 0.0924. The van der Waals surface area contributed by atoms with E-state index in [-0.39, 0.29) is 24.1 Å². The molecule has 2 rings (SSSR count). The van der Waals surface area contributed by atoms with E-state index in [1.54, 1.807) is 6.92 Å². The zero-order chi connectivity index (χ0) is 13.1. The third-order valence-electron chi connectivity index (χ3n) is 2.72. The van der Waals surface area contributed by atoms with Crippen molar-refractivity contribution < 1.29 is 18.7 Å². The van der Waals surface area contributed by atoms with Crippen LogP contribution in [0.15, 0.2) is 22.6 Å². The Labute approximate surface area is 103 Å². The van der Waals surface area contributed by atoms with E-state index in [9.17, 15) is 9.18 Å². The van der Waals surface area contributed by atoms with Crippen molar-refractivity contribution in [1.29, 1.82) is 0 Å². The second-order valence-electron chi connectivity index (χ2n) is 4.03. The molecule has 1 amide bonds. The van der Waals surface area contributed by atoms with E-state index < -0.39 is 0 Å². The summed E-state index contributed by atoms with van der Waals surface area (Å²) in [6.45, 7) is 2.11. The number of carbonyl (C=O) groups excluding carboxylic acids is 1. The Bertz CT molecular complexity index is 577. The number of aliphatic hydroxyl groups excluding tert-OH is 1. The average Bonchev–Trinajstić information content (AvgIpc) is 2.67. The van der Waals surface area contributed by atoms with Crippen LogP contribution in [-0.4, -0.2) is 24.2 Å². The number of nitrogens with one attached hydrogen (secondary N) is 1. The lowest BCUT2D eigenvalue weighted by Crippen LogP contribution is -2.25. The van der Waals surface area contributed by atoms with Crippen LogP contribution in [0.1, 0.15) is 22.5 Å². The number of hydrogen-bond acceptors (Lipinski definition) is 3. The Morgan fingerprint density at radius 3 is 3.00 bits per heavy atom. The number of aliphatic hydroxyl groups is 1. The first kappa shape index (κ1) is 12.6. The molecule has 0 saturated carbocycles. The van der Waals surface area contributed by atoms with Gasteiger partial charge in [0.05, 0.1) is 0 Å². The van der Waals surface area contributed by atoms with Crippen molar-refractivity contribution in [2.24, 2.45) is 0 Å². The van der Waals surface area contributed by atoms with E-state index in [1.807, 2.05) is 0 Å². The van der Waals surface area contributed by atoms with Crippen LogP contribution in [0.4, 0.5) is 4.39 Å². The smallest absolute Gasteiger partial charge is 0.287 e. The monoisotopic (exact) mass is 251 g/mol. The summed E-state index contributed by atoms with van der Waals surface area (Å²) in [6.07, 6.45) is 0.486. The fraction of sp³-hybridized carbons (Fsp3) is 0.308. The SMILES string of the molecule is Cc1c(C(=O)NCCCO)oc2ccc(F)cc12. The average molecular weight is 251 g/mol. The highest BCUT2D eigenvalue weighted by Crippen LogP contribution is 2.25. The van der Waals surface area contributed by atoms with Gasteiger partial charge in [-0.15, -0.1) is 0 Å². The molecule has 0 spiro atoms. The Balaban J connectivity index is 2.28. The van der Waals surface area contributed by atoms with E-state index >= 15 is 0 Å². The van der Waals surface area contributed by atoms with Crippen molar-refractivity contribution >= 4 is 16.9 Å². The summed E-state index contributed by atoms with van der Waals surface area (Å²) in [5.74, 6) is -0.523. The number of rotatable bonds is 4. The Hall–Kier alpha value is -1.88. The maximum Gasteiger partial charge on any atom is 0.287 e. The minimum absolute atomic E-state index is 0.0185. The molecule has 96 valence electrons. The summed E-state index contributed by atoms with van der Waals surface area (Å²) in [5.41, 5.74) is 1.10. The third kappa shape index (κ3) is 2.36. The molecule has 0 aliphatic carbocycles. The first-order valence-corrected chi connectivity index (χ1v) is 5.71. The van der Waals surface area contributed by atoms with Crippen molar-refractivity contribution in [2.45, 2.75) is 13.3 Å². The Morgan fingerprint density at radius 1 is 1.50 bits per heavy atom. The number of carbonyl (C=O) groups is 1. The summed E-state index contributed by atoms with van der Waals surface area (Å²) < 4.78 is 18.5. The van der Waals surface area contributed by atoms with Gasteiger partial charge in [0.15, 0.2) is 5.76 Å². The quantitative estimate of drug-likeness (QED) is 0.817. The maximum absolute atomic E-state index is 13.1. The van der Waals surface area contributed by atoms with Gasteiger partial charge in [0.2, 0.25) is 0 Å². The van der Waals surface area contributed by atoms with Gasteiger partial charge in [-0.3, -0.25) is 4.79 Å². The lowest BCUT2D eigenvalue weighted by atomic mass is 10.1. The largest absolute Gasteiger partial charge is 0.451 e. The molecule has 1 heterocycles. The van der Waals surface area contributed by atoms with Crippen molar-refractivity contribution in [2.75, 3.05) is 13.2 Å². The van der Waals surface area contributed by atoms with Crippen molar-refractivity contribution in [1.82, 2.24) is 5.32 Å². The van der Waals surface area contributed by atoms with Crippen LogP contribution >= 0.6 is 0 Å². The molecule has 0 saturated heterocycles. The molecule has 2 aromatic rings. The predicted octanol–water partition coefficient (Wildman–Crippen LogP) is 1.99. The number of fused-ring (bicyclic) bond motifs is 1. The summed E-state index contributed by atoms with van der Waals surface area (Å²) in [4.78, 5) is 11.8. The molecule has 0 unspecified atom stereocenters. The number of benzene rings is 1. The molecule has 0 radical (unpaired) electrons. The Morgan fingerprint density at radius 2 is 2.28 bits per heavy atom. The second-order valence-corrected chi connectivity index (χ2v) is 4.03.